The molecule has 0 bridgehead atoms. The molecular formula is C15H21N3O2. The molecule has 0 spiro atoms. The molecule has 3 amide bonds. The van der Waals surface area contributed by atoms with E-state index in [1.807, 2.05) is 12.1 Å². The first-order chi connectivity index (χ1) is 9.70. The summed E-state index contributed by atoms with van der Waals surface area (Å²) in [6.07, 6.45) is 4.58. The van der Waals surface area contributed by atoms with Crippen molar-refractivity contribution < 1.29 is 9.59 Å². The Labute approximate surface area is 119 Å². The topological polar surface area (TPSA) is 70.2 Å². The van der Waals surface area contributed by atoms with Crippen molar-refractivity contribution in [1.29, 1.82) is 0 Å². The smallest absolute Gasteiger partial charge is 0.321 e. The lowest BCUT2D eigenvalue weighted by Gasteiger charge is -2.19. The Bertz CT molecular complexity index is 500. The van der Waals surface area contributed by atoms with E-state index in [0.717, 1.165) is 18.5 Å². The zero-order chi connectivity index (χ0) is 14.4. The molecule has 0 aliphatic heterocycles. The predicted octanol–water partition coefficient (Wildman–Crippen LogP) is 1.82. The van der Waals surface area contributed by atoms with Crippen LogP contribution in [0.5, 0.6) is 0 Å². The third kappa shape index (κ3) is 3.73. The molecule has 0 saturated carbocycles. The number of carbonyl (C=O) groups is 2. The van der Waals surface area contributed by atoms with Crippen LogP contribution in [0.15, 0.2) is 18.2 Å². The van der Waals surface area contributed by atoms with E-state index in [1.165, 1.54) is 24.0 Å². The lowest BCUT2D eigenvalue weighted by atomic mass is 9.90. The highest BCUT2D eigenvalue weighted by Gasteiger charge is 2.13. The van der Waals surface area contributed by atoms with E-state index < -0.39 is 6.03 Å². The van der Waals surface area contributed by atoms with E-state index in [1.54, 1.807) is 6.92 Å². The molecule has 0 atom stereocenters. The first kappa shape index (κ1) is 14.4. The van der Waals surface area contributed by atoms with Crippen molar-refractivity contribution in [2.45, 2.75) is 32.6 Å². The maximum atomic E-state index is 11.6. The summed E-state index contributed by atoms with van der Waals surface area (Å²) in [7, 11) is 0. The summed E-state index contributed by atoms with van der Waals surface area (Å²) in [6.45, 7) is 2.41. The van der Waals surface area contributed by atoms with Crippen LogP contribution in [0, 0.1) is 0 Å². The number of urea groups is 1. The molecule has 1 aromatic rings. The summed E-state index contributed by atoms with van der Waals surface area (Å²) >= 11 is 0. The molecule has 0 radical (unpaired) electrons. The molecule has 0 saturated heterocycles. The molecule has 20 heavy (non-hydrogen) atoms. The molecule has 5 nitrogen and oxygen atoms in total. The van der Waals surface area contributed by atoms with E-state index in [4.69, 9.17) is 0 Å². The first-order valence-corrected chi connectivity index (χ1v) is 7.13. The van der Waals surface area contributed by atoms with Gasteiger partial charge >= 0.3 is 6.03 Å². The van der Waals surface area contributed by atoms with Gasteiger partial charge < -0.3 is 10.6 Å². The zero-order valence-electron chi connectivity index (χ0n) is 11.8. The number of imide groups is 1. The Kier molecular flexibility index (Phi) is 4.98. The predicted molar refractivity (Wildman–Crippen MR) is 78.8 cm³/mol. The number of rotatable bonds is 4. The van der Waals surface area contributed by atoms with Gasteiger partial charge in [0.2, 0.25) is 5.91 Å². The van der Waals surface area contributed by atoms with Gasteiger partial charge in [-0.05, 0) is 49.8 Å². The van der Waals surface area contributed by atoms with Crippen molar-refractivity contribution in [1.82, 2.24) is 10.6 Å². The molecule has 1 aliphatic rings. The highest BCUT2D eigenvalue weighted by atomic mass is 16.2. The van der Waals surface area contributed by atoms with Crippen LogP contribution in [0.2, 0.25) is 0 Å². The quantitative estimate of drug-likeness (QED) is 0.785. The van der Waals surface area contributed by atoms with Crippen LogP contribution in [0.4, 0.5) is 10.5 Å². The molecule has 1 aromatic carbocycles. The Morgan fingerprint density at radius 3 is 2.80 bits per heavy atom. The van der Waals surface area contributed by atoms with Crippen LogP contribution in [0.3, 0.4) is 0 Å². The largest absolute Gasteiger partial charge is 0.376 e. The van der Waals surface area contributed by atoms with Crippen molar-refractivity contribution in [3.05, 3.63) is 29.3 Å². The Balaban J connectivity index is 1.91. The summed E-state index contributed by atoms with van der Waals surface area (Å²) in [5.74, 6) is -0.329. The van der Waals surface area contributed by atoms with Gasteiger partial charge in [-0.2, -0.15) is 0 Å². The van der Waals surface area contributed by atoms with Crippen molar-refractivity contribution in [2.75, 3.05) is 18.4 Å². The normalized spacial score (nSPS) is 13.2. The van der Waals surface area contributed by atoms with Crippen LogP contribution in [0.25, 0.3) is 0 Å². The molecule has 5 heteroatoms. The Hall–Kier alpha value is -2.04. The summed E-state index contributed by atoms with van der Waals surface area (Å²) in [5.41, 5.74) is 3.68. The SMILES string of the molecule is CCNC(=O)NC(=O)CNc1cccc2c1CCCC2. The van der Waals surface area contributed by atoms with Gasteiger partial charge in [-0.15, -0.1) is 0 Å². The molecule has 1 aliphatic carbocycles. The van der Waals surface area contributed by atoms with Crippen LogP contribution in [-0.4, -0.2) is 25.0 Å². The highest BCUT2D eigenvalue weighted by Crippen LogP contribution is 2.27. The van der Waals surface area contributed by atoms with E-state index in [-0.39, 0.29) is 12.5 Å². The fourth-order valence-corrected chi connectivity index (χ4v) is 2.50. The third-order valence-corrected chi connectivity index (χ3v) is 3.43. The van der Waals surface area contributed by atoms with Gasteiger partial charge in [-0.1, -0.05) is 12.1 Å². The minimum atomic E-state index is -0.450. The molecule has 0 fully saturated rings. The molecule has 0 heterocycles. The molecular weight excluding hydrogens is 254 g/mol. The number of benzene rings is 1. The Morgan fingerprint density at radius 1 is 1.20 bits per heavy atom. The minimum absolute atomic E-state index is 0.105. The number of hydrogen-bond acceptors (Lipinski definition) is 3. The van der Waals surface area contributed by atoms with Gasteiger partial charge in [-0.3, -0.25) is 10.1 Å². The number of amides is 3. The molecule has 2 rings (SSSR count). The van der Waals surface area contributed by atoms with Crippen molar-refractivity contribution in [3.63, 3.8) is 0 Å². The number of fused-ring (bicyclic) bond motifs is 1. The lowest BCUT2D eigenvalue weighted by molar-refractivity contribution is -0.118. The number of anilines is 1. The number of aryl methyl sites for hydroxylation is 1. The third-order valence-electron chi connectivity index (χ3n) is 3.43. The molecule has 0 aromatic heterocycles. The summed E-state index contributed by atoms with van der Waals surface area (Å²) < 4.78 is 0. The minimum Gasteiger partial charge on any atom is -0.376 e. The fourth-order valence-electron chi connectivity index (χ4n) is 2.50. The van der Waals surface area contributed by atoms with E-state index in [2.05, 4.69) is 22.0 Å². The van der Waals surface area contributed by atoms with Crippen LogP contribution < -0.4 is 16.0 Å². The van der Waals surface area contributed by atoms with E-state index >= 15 is 0 Å². The lowest BCUT2D eigenvalue weighted by Crippen LogP contribution is -2.41. The molecule has 108 valence electrons. The van der Waals surface area contributed by atoms with Gasteiger partial charge in [-0.25, -0.2) is 4.79 Å². The van der Waals surface area contributed by atoms with Gasteiger partial charge in [0.15, 0.2) is 0 Å². The highest BCUT2D eigenvalue weighted by molar-refractivity contribution is 5.96. The summed E-state index contributed by atoms with van der Waals surface area (Å²) in [5, 5.41) is 7.93. The summed E-state index contributed by atoms with van der Waals surface area (Å²) in [4.78, 5) is 22.9. The maximum absolute atomic E-state index is 11.6. The van der Waals surface area contributed by atoms with Crippen LogP contribution in [-0.2, 0) is 17.6 Å². The standard InChI is InChI=1S/C15H21N3O2/c1-2-16-15(20)18-14(19)10-17-13-9-5-7-11-6-3-4-8-12(11)13/h5,7,9,17H,2-4,6,8,10H2,1H3,(H2,16,18,19,20). The Morgan fingerprint density at radius 2 is 2.00 bits per heavy atom. The summed E-state index contributed by atoms with van der Waals surface area (Å²) in [6, 6.07) is 5.70. The number of carbonyl (C=O) groups excluding carboxylic acids is 2. The first-order valence-electron chi connectivity index (χ1n) is 7.13. The maximum Gasteiger partial charge on any atom is 0.321 e. The average molecular weight is 275 g/mol. The fraction of sp³-hybridized carbons (Fsp3) is 0.467. The average Bonchev–Trinajstić information content (AvgIpc) is 2.45. The molecule has 0 unspecified atom stereocenters. The van der Waals surface area contributed by atoms with Gasteiger partial charge in [0.05, 0.1) is 6.54 Å². The van der Waals surface area contributed by atoms with Gasteiger partial charge in [0.1, 0.15) is 0 Å². The number of nitrogens with one attached hydrogen (secondary N) is 3. The van der Waals surface area contributed by atoms with Gasteiger partial charge in [0, 0.05) is 12.2 Å². The second-order valence-electron chi connectivity index (χ2n) is 4.91. The monoisotopic (exact) mass is 275 g/mol. The zero-order valence-corrected chi connectivity index (χ0v) is 11.8. The van der Waals surface area contributed by atoms with E-state index in [9.17, 15) is 9.59 Å². The van der Waals surface area contributed by atoms with Gasteiger partial charge in [0.25, 0.3) is 0 Å². The van der Waals surface area contributed by atoms with Crippen molar-refractivity contribution >= 4 is 17.6 Å². The van der Waals surface area contributed by atoms with Crippen molar-refractivity contribution in [2.24, 2.45) is 0 Å². The van der Waals surface area contributed by atoms with Crippen molar-refractivity contribution in [3.8, 4) is 0 Å². The second-order valence-corrected chi connectivity index (χ2v) is 4.91. The van der Waals surface area contributed by atoms with Crippen LogP contribution >= 0.6 is 0 Å². The van der Waals surface area contributed by atoms with Crippen LogP contribution in [0.1, 0.15) is 30.9 Å². The molecule has 3 N–H and O–H groups in total. The van der Waals surface area contributed by atoms with E-state index in [0.29, 0.717) is 6.54 Å². The second kappa shape index (κ2) is 6.93. The number of hydrogen-bond donors (Lipinski definition) is 3.